The maximum Gasteiger partial charge on any atom is 0.416 e. The van der Waals surface area contributed by atoms with Crippen LogP contribution in [-0.2, 0) is 10.5 Å². The third-order valence-corrected chi connectivity index (χ3v) is 4.27. The number of hydrogen-bond acceptors (Lipinski definition) is 0. The zero-order valence-electron chi connectivity index (χ0n) is 10.6. The van der Waals surface area contributed by atoms with Gasteiger partial charge in [0.05, 0.1) is 5.56 Å². The SMILES string of the molecule is FC(F)(F)c1ccc(C2=Cc3ccccc3C2(Cl)Cl)cc1. The topological polar surface area (TPSA) is 0 Å². The monoisotopic (exact) mass is 328 g/mol. The summed E-state index contributed by atoms with van der Waals surface area (Å²) in [6.07, 6.45) is -2.55. The Morgan fingerprint density at radius 1 is 0.857 bits per heavy atom. The lowest BCUT2D eigenvalue weighted by Crippen LogP contribution is -2.10. The summed E-state index contributed by atoms with van der Waals surface area (Å²) in [6, 6.07) is 12.2. The van der Waals surface area contributed by atoms with Crippen LogP contribution in [0.25, 0.3) is 11.6 Å². The third kappa shape index (κ3) is 2.45. The number of rotatable bonds is 1. The molecular formula is C16H9Cl2F3. The molecule has 0 aliphatic heterocycles. The van der Waals surface area contributed by atoms with E-state index in [-0.39, 0.29) is 0 Å². The van der Waals surface area contributed by atoms with Gasteiger partial charge in [0.15, 0.2) is 4.33 Å². The number of hydrogen-bond donors (Lipinski definition) is 0. The van der Waals surface area contributed by atoms with Crippen LogP contribution < -0.4 is 0 Å². The van der Waals surface area contributed by atoms with Crippen LogP contribution >= 0.6 is 23.2 Å². The van der Waals surface area contributed by atoms with Crippen molar-refractivity contribution in [3.63, 3.8) is 0 Å². The van der Waals surface area contributed by atoms with E-state index in [9.17, 15) is 13.2 Å². The van der Waals surface area contributed by atoms with E-state index in [4.69, 9.17) is 23.2 Å². The smallest absolute Gasteiger partial charge is 0.166 e. The van der Waals surface area contributed by atoms with Crippen molar-refractivity contribution in [3.8, 4) is 0 Å². The van der Waals surface area contributed by atoms with E-state index in [1.165, 1.54) is 12.1 Å². The lowest BCUT2D eigenvalue weighted by molar-refractivity contribution is -0.137. The van der Waals surface area contributed by atoms with Gasteiger partial charge in [0, 0.05) is 5.57 Å². The van der Waals surface area contributed by atoms with Crippen molar-refractivity contribution in [2.45, 2.75) is 10.5 Å². The van der Waals surface area contributed by atoms with Gasteiger partial charge in [-0.3, -0.25) is 0 Å². The summed E-state index contributed by atoms with van der Waals surface area (Å²) in [7, 11) is 0. The summed E-state index contributed by atoms with van der Waals surface area (Å²) in [4.78, 5) is 0. The van der Waals surface area contributed by atoms with Crippen molar-refractivity contribution in [3.05, 3.63) is 70.8 Å². The molecule has 0 amide bonds. The third-order valence-electron chi connectivity index (χ3n) is 3.46. The molecule has 3 rings (SSSR count). The van der Waals surface area contributed by atoms with Crippen LogP contribution in [0.5, 0.6) is 0 Å². The highest BCUT2D eigenvalue weighted by atomic mass is 35.5. The fraction of sp³-hybridized carbons (Fsp3) is 0.125. The summed E-state index contributed by atoms with van der Waals surface area (Å²) in [6.45, 7) is 0. The molecule has 0 spiro atoms. The van der Waals surface area contributed by atoms with Crippen LogP contribution in [0.4, 0.5) is 13.2 Å². The second kappa shape index (κ2) is 4.79. The van der Waals surface area contributed by atoms with Crippen LogP contribution in [0.1, 0.15) is 22.3 Å². The predicted molar refractivity (Wildman–Crippen MR) is 79.1 cm³/mol. The highest BCUT2D eigenvalue weighted by molar-refractivity contribution is 6.55. The van der Waals surface area contributed by atoms with Gasteiger partial charge in [-0.05, 0) is 34.9 Å². The molecule has 21 heavy (non-hydrogen) atoms. The van der Waals surface area contributed by atoms with Crippen LogP contribution in [0.3, 0.4) is 0 Å². The molecule has 5 heteroatoms. The van der Waals surface area contributed by atoms with Gasteiger partial charge < -0.3 is 0 Å². The van der Waals surface area contributed by atoms with E-state index in [0.29, 0.717) is 11.1 Å². The average Bonchev–Trinajstić information content (AvgIpc) is 2.70. The first-order valence-corrected chi connectivity index (χ1v) is 6.93. The van der Waals surface area contributed by atoms with Crippen molar-refractivity contribution in [1.82, 2.24) is 0 Å². The fourth-order valence-electron chi connectivity index (χ4n) is 2.40. The Kier molecular flexibility index (Phi) is 3.30. The minimum atomic E-state index is -4.36. The summed E-state index contributed by atoms with van der Waals surface area (Å²) >= 11 is 12.8. The van der Waals surface area contributed by atoms with Gasteiger partial charge in [0.1, 0.15) is 0 Å². The van der Waals surface area contributed by atoms with Gasteiger partial charge in [0.25, 0.3) is 0 Å². The van der Waals surface area contributed by atoms with E-state index >= 15 is 0 Å². The summed E-state index contributed by atoms with van der Waals surface area (Å²) in [5.41, 5.74) is 2.07. The molecule has 0 bridgehead atoms. The molecule has 0 unspecified atom stereocenters. The molecule has 108 valence electrons. The largest absolute Gasteiger partial charge is 0.416 e. The Bertz CT molecular complexity index is 713. The van der Waals surface area contributed by atoms with Crippen molar-refractivity contribution in [2.75, 3.05) is 0 Å². The zero-order valence-corrected chi connectivity index (χ0v) is 12.1. The van der Waals surface area contributed by atoms with Crippen molar-refractivity contribution >= 4 is 34.9 Å². The average molecular weight is 329 g/mol. The molecule has 0 saturated heterocycles. The molecule has 1 aliphatic rings. The van der Waals surface area contributed by atoms with Crippen LogP contribution in [0, 0.1) is 0 Å². The van der Waals surface area contributed by atoms with Crippen molar-refractivity contribution < 1.29 is 13.2 Å². The highest BCUT2D eigenvalue weighted by Gasteiger charge is 2.39. The standard InChI is InChI=1S/C16H9Cl2F3/c17-15(18)13-4-2-1-3-11(13)9-14(15)10-5-7-12(8-6-10)16(19,20)21/h1-9H. The van der Waals surface area contributed by atoms with E-state index in [1.54, 1.807) is 6.08 Å². The van der Waals surface area contributed by atoms with Gasteiger partial charge in [-0.25, -0.2) is 0 Å². The molecule has 0 saturated carbocycles. The molecule has 0 nitrogen and oxygen atoms in total. The van der Waals surface area contributed by atoms with E-state index in [0.717, 1.165) is 23.3 Å². The molecule has 0 heterocycles. The van der Waals surface area contributed by atoms with Gasteiger partial charge in [-0.1, -0.05) is 59.6 Å². The Hall–Kier alpha value is -1.45. The second-order valence-corrected chi connectivity index (χ2v) is 6.12. The summed E-state index contributed by atoms with van der Waals surface area (Å²) in [5, 5.41) is 0. The molecule has 2 aromatic rings. The predicted octanol–water partition coefficient (Wildman–Crippen LogP) is 5.89. The maximum atomic E-state index is 12.6. The minimum Gasteiger partial charge on any atom is -0.166 e. The van der Waals surface area contributed by atoms with Gasteiger partial charge >= 0.3 is 6.18 Å². The first kappa shape index (κ1) is 14.5. The number of allylic oxidation sites excluding steroid dienone is 1. The number of alkyl halides is 5. The summed E-state index contributed by atoms with van der Waals surface area (Å²) < 4.78 is 36.5. The number of halogens is 5. The lowest BCUT2D eigenvalue weighted by Gasteiger charge is -2.20. The van der Waals surface area contributed by atoms with E-state index in [2.05, 4.69) is 0 Å². The fourth-order valence-corrected chi connectivity index (χ4v) is 3.07. The van der Waals surface area contributed by atoms with Crippen LogP contribution in [0.15, 0.2) is 48.5 Å². The van der Waals surface area contributed by atoms with Gasteiger partial charge in [-0.15, -0.1) is 0 Å². The molecule has 1 aliphatic carbocycles. The Morgan fingerprint density at radius 2 is 1.48 bits per heavy atom. The van der Waals surface area contributed by atoms with E-state index < -0.39 is 16.1 Å². The lowest BCUT2D eigenvalue weighted by atomic mass is 10.0. The van der Waals surface area contributed by atoms with Gasteiger partial charge in [0.2, 0.25) is 0 Å². The second-order valence-electron chi connectivity index (χ2n) is 4.79. The first-order chi connectivity index (χ1) is 9.80. The van der Waals surface area contributed by atoms with E-state index in [1.807, 2.05) is 24.3 Å². The van der Waals surface area contributed by atoms with Crippen molar-refractivity contribution in [1.29, 1.82) is 0 Å². The zero-order chi connectivity index (χ0) is 15.3. The number of benzene rings is 2. The highest BCUT2D eigenvalue weighted by Crippen LogP contribution is 2.52. The Morgan fingerprint density at radius 3 is 2.05 bits per heavy atom. The molecule has 0 aromatic heterocycles. The van der Waals surface area contributed by atoms with Crippen LogP contribution in [-0.4, -0.2) is 0 Å². The van der Waals surface area contributed by atoms with Gasteiger partial charge in [-0.2, -0.15) is 13.2 Å². The molecular weight excluding hydrogens is 320 g/mol. The van der Waals surface area contributed by atoms with Crippen molar-refractivity contribution in [2.24, 2.45) is 0 Å². The first-order valence-electron chi connectivity index (χ1n) is 6.17. The van der Waals surface area contributed by atoms with Crippen LogP contribution in [0.2, 0.25) is 0 Å². The number of fused-ring (bicyclic) bond motifs is 1. The molecule has 0 atom stereocenters. The quantitative estimate of drug-likeness (QED) is 0.572. The molecule has 0 radical (unpaired) electrons. The molecule has 0 N–H and O–H groups in total. The Balaban J connectivity index is 2.03. The minimum absolute atomic E-state index is 0.573. The summed E-state index contributed by atoms with van der Waals surface area (Å²) in [5.74, 6) is 0. The molecule has 0 fully saturated rings. The molecule has 2 aromatic carbocycles. The normalized spacial score (nSPS) is 16.5. The maximum absolute atomic E-state index is 12.6. The Labute approximate surface area is 129 Å².